The van der Waals surface area contributed by atoms with Crippen LogP contribution >= 0.6 is 0 Å². The number of hydrogen-bond acceptors (Lipinski definition) is 2. The summed E-state index contributed by atoms with van der Waals surface area (Å²) in [6.07, 6.45) is 0. The number of benzene rings is 1. The maximum atomic E-state index is 13.6. The van der Waals surface area contributed by atoms with Crippen molar-refractivity contribution in [2.75, 3.05) is 0 Å². The van der Waals surface area contributed by atoms with E-state index in [2.05, 4.69) is 4.98 Å². The minimum absolute atomic E-state index is 0.0469. The smallest absolute Gasteiger partial charge is 0.220 e. The topological polar surface area (TPSA) is 33.1 Å². The van der Waals surface area contributed by atoms with Crippen molar-refractivity contribution in [2.24, 2.45) is 0 Å². The highest BCUT2D eigenvalue weighted by molar-refractivity contribution is 5.63. The van der Waals surface area contributed by atoms with Crippen molar-refractivity contribution >= 4 is 0 Å². The van der Waals surface area contributed by atoms with E-state index in [0.717, 1.165) is 11.1 Å². The SMILES string of the molecule is Cc1ccc(-c2cccc(CO)c2)c(F)n1. The highest BCUT2D eigenvalue weighted by atomic mass is 19.1. The molecule has 1 aromatic carbocycles. The molecule has 0 atom stereocenters. The molecule has 16 heavy (non-hydrogen) atoms. The van der Waals surface area contributed by atoms with Crippen LogP contribution in [0.4, 0.5) is 4.39 Å². The number of rotatable bonds is 2. The second-order valence-electron chi connectivity index (χ2n) is 3.65. The number of hydrogen-bond donors (Lipinski definition) is 1. The normalized spacial score (nSPS) is 10.4. The Hall–Kier alpha value is -1.74. The number of halogens is 1. The van der Waals surface area contributed by atoms with Crippen LogP contribution in [0.25, 0.3) is 11.1 Å². The molecule has 0 aliphatic heterocycles. The lowest BCUT2D eigenvalue weighted by Crippen LogP contribution is -1.92. The molecule has 0 unspecified atom stereocenters. The van der Waals surface area contributed by atoms with Crippen LogP contribution in [0, 0.1) is 12.9 Å². The first-order valence-electron chi connectivity index (χ1n) is 5.04. The molecule has 0 fully saturated rings. The minimum Gasteiger partial charge on any atom is -0.392 e. The molecule has 0 spiro atoms. The zero-order chi connectivity index (χ0) is 11.5. The lowest BCUT2D eigenvalue weighted by molar-refractivity contribution is 0.282. The Bertz CT molecular complexity index is 511. The first-order valence-corrected chi connectivity index (χ1v) is 5.04. The molecule has 2 aromatic rings. The van der Waals surface area contributed by atoms with Gasteiger partial charge in [-0.3, -0.25) is 0 Å². The van der Waals surface area contributed by atoms with Crippen LogP contribution < -0.4 is 0 Å². The highest BCUT2D eigenvalue weighted by Crippen LogP contribution is 2.22. The predicted molar refractivity (Wildman–Crippen MR) is 60.3 cm³/mol. The van der Waals surface area contributed by atoms with Gasteiger partial charge in [-0.25, -0.2) is 4.98 Å². The van der Waals surface area contributed by atoms with Gasteiger partial charge in [0.1, 0.15) is 0 Å². The predicted octanol–water partition coefficient (Wildman–Crippen LogP) is 2.69. The van der Waals surface area contributed by atoms with Crippen LogP contribution in [0.5, 0.6) is 0 Å². The number of aliphatic hydroxyl groups is 1. The quantitative estimate of drug-likeness (QED) is 0.784. The van der Waals surface area contributed by atoms with Crippen molar-refractivity contribution < 1.29 is 9.50 Å². The first kappa shape index (κ1) is 10.8. The van der Waals surface area contributed by atoms with Crippen LogP contribution in [0.15, 0.2) is 36.4 Å². The third kappa shape index (κ3) is 2.09. The number of pyridine rings is 1. The minimum atomic E-state index is -0.477. The van der Waals surface area contributed by atoms with Gasteiger partial charge >= 0.3 is 0 Å². The molecule has 82 valence electrons. The average Bonchev–Trinajstić information content (AvgIpc) is 2.29. The summed E-state index contributed by atoms with van der Waals surface area (Å²) in [4.78, 5) is 3.78. The van der Waals surface area contributed by atoms with E-state index in [1.807, 2.05) is 0 Å². The Morgan fingerprint density at radius 1 is 1.25 bits per heavy atom. The standard InChI is InChI=1S/C13H12FNO/c1-9-5-6-12(13(14)15-9)11-4-2-3-10(7-11)8-16/h2-7,16H,8H2,1H3. The van der Waals surface area contributed by atoms with E-state index >= 15 is 0 Å². The summed E-state index contributed by atoms with van der Waals surface area (Å²) in [6, 6.07) is 10.6. The molecule has 1 aromatic heterocycles. The van der Waals surface area contributed by atoms with E-state index in [9.17, 15) is 4.39 Å². The fourth-order valence-electron chi connectivity index (χ4n) is 1.58. The summed E-state index contributed by atoms with van der Waals surface area (Å²) in [5.74, 6) is -0.477. The van der Waals surface area contributed by atoms with E-state index in [1.54, 1.807) is 43.3 Å². The molecule has 0 aliphatic carbocycles. The lowest BCUT2D eigenvalue weighted by atomic mass is 10.0. The van der Waals surface area contributed by atoms with E-state index in [-0.39, 0.29) is 6.61 Å². The van der Waals surface area contributed by atoms with Gasteiger partial charge in [-0.15, -0.1) is 0 Å². The molecule has 0 amide bonds. The van der Waals surface area contributed by atoms with Gasteiger partial charge in [0, 0.05) is 11.3 Å². The molecule has 1 heterocycles. The number of nitrogens with zero attached hydrogens (tertiary/aromatic N) is 1. The Balaban J connectivity index is 2.49. The number of aliphatic hydroxyl groups excluding tert-OH is 1. The van der Waals surface area contributed by atoms with Crippen molar-refractivity contribution in [3.05, 3.63) is 53.6 Å². The van der Waals surface area contributed by atoms with Gasteiger partial charge < -0.3 is 5.11 Å². The van der Waals surface area contributed by atoms with E-state index in [1.165, 1.54) is 0 Å². The molecule has 0 saturated carbocycles. The molecule has 0 radical (unpaired) electrons. The van der Waals surface area contributed by atoms with E-state index < -0.39 is 5.95 Å². The Kier molecular flexibility index (Phi) is 2.97. The van der Waals surface area contributed by atoms with Crippen LogP contribution in [0.1, 0.15) is 11.3 Å². The number of aromatic nitrogens is 1. The van der Waals surface area contributed by atoms with Crippen LogP contribution in [-0.4, -0.2) is 10.1 Å². The van der Waals surface area contributed by atoms with Crippen molar-refractivity contribution in [1.82, 2.24) is 4.98 Å². The fraction of sp³-hybridized carbons (Fsp3) is 0.154. The summed E-state index contributed by atoms with van der Waals surface area (Å²) in [5.41, 5.74) is 2.61. The van der Waals surface area contributed by atoms with Crippen molar-refractivity contribution in [3.63, 3.8) is 0 Å². The summed E-state index contributed by atoms with van der Waals surface area (Å²) in [6.45, 7) is 1.70. The van der Waals surface area contributed by atoms with Gasteiger partial charge in [-0.1, -0.05) is 18.2 Å². The van der Waals surface area contributed by atoms with Gasteiger partial charge in [-0.05, 0) is 36.2 Å². The van der Waals surface area contributed by atoms with Crippen LogP contribution in [0.2, 0.25) is 0 Å². The van der Waals surface area contributed by atoms with Crippen LogP contribution in [-0.2, 0) is 6.61 Å². The molecule has 2 nitrogen and oxygen atoms in total. The highest BCUT2D eigenvalue weighted by Gasteiger charge is 2.06. The number of aryl methyl sites for hydroxylation is 1. The second-order valence-corrected chi connectivity index (χ2v) is 3.65. The Labute approximate surface area is 93.4 Å². The summed E-state index contributed by atoms with van der Waals surface area (Å²) >= 11 is 0. The van der Waals surface area contributed by atoms with Crippen molar-refractivity contribution in [3.8, 4) is 11.1 Å². The zero-order valence-corrected chi connectivity index (χ0v) is 8.94. The van der Waals surface area contributed by atoms with E-state index in [0.29, 0.717) is 11.3 Å². The van der Waals surface area contributed by atoms with Gasteiger partial charge in [0.25, 0.3) is 0 Å². The molecule has 0 saturated heterocycles. The molecular formula is C13H12FNO. The fourth-order valence-corrected chi connectivity index (χ4v) is 1.58. The van der Waals surface area contributed by atoms with Crippen molar-refractivity contribution in [2.45, 2.75) is 13.5 Å². The Morgan fingerprint density at radius 3 is 2.75 bits per heavy atom. The van der Waals surface area contributed by atoms with Crippen molar-refractivity contribution in [1.29, 1.82) is 0 Å². The molecular weight excluding hydrogens is 205 g/mol. The van der Waals surface area contributed by atoms with Gasteiger partial charge in [0.2, 0.25) is 5.95 Å². The molecule has 0 bridgehead atoms. The zero-order valence-electron chi connectivity index (χ0n) is 8.94. The summed E-state index contributed by atoms with van der Waals surface area (Å²) < 4.78 is 13.6. The van der Waals surface area contributed by atoms with Gasteiger partial charge in [0.15, 0.2) is 0 Å². The largest absolute Gasteiger partial charge is 0.392 e. The third-order valence-electron chi connectivity index (χ3n) is 2.41. The van der Waals surface area contributed by atoms with E-state index in [4.69, 9.17) is 5.11 Å². The van der Waals surface area contributed by atoms with Crippen LogP contribution in [0.3, 0.4) is 0 Å². The first-order chi connectivity index (χ1) is 7.70. The molecule has 1 N–H and O–H groups in total. The summed E-state index contributed by atoms with van der Waals surface area (Å²) in [5, 5.41) is 9.01. The monoisotopic (exact) mass is 217 g/mol. The Morgan fingerprint density at radius 2 is 2.06 bits per heavy atom. The van der Waals surface area contributed by atoms with Gasteiger partial charge in [0.05, 0.1) is 6.61 Å². The third-order valence-corrected chi connectivity index (χ3v) is 2.41. The maximum Gasteiger partial charge on any atom is 0.220 e. The molecule has 2 rings (SSSR count). The summed E-state index contributed by atoms with van der Waals surface area (Å²) in [7, 11) is 0. The van der Waals surface area contributed by atoms with Gasteiger partial charge in [-0.2, -0.15) is 4.39 Å². The lowest BCUT2D eigenvalue weighted by Gasteiger charge is -2.05. The maximum absolute atomic E-state index is 13.6. The second kappa shape index (κ2) is 4.41. The average molecular weight is 217 g/mol. The molecule has 0 aliphatic rings. The molecule has 3 heteroatoms.